The second kappa shape index (κ2) is 6.00. The summed E-state index contributed by atoms with van der Waals surface area (Å²) in [4.78, 5) is 3.72. The summed E-state index contributed by atoms with van der Waals surface area (Å²) in [5.74, 6) is -0.319. The highest BCUT2D eigenvalue weighted by atomic mass is 19.4. The summed E-state index contributed by atoms with van der Waals surface area (Å²) in [6.07, 6.45) is -3.59. The van der Waals surface area contributed by atoms with E-state index in [2.05, 4.69) is 10.3 Å². The maximum atomic E-state index is 13.3. The van der Waals surface area contributed by atoms with E-state index in [-0.39, 0.29) is 18.9 Å². The Morgan fingerprint density at radius 3 is 2.35 bits per heavy atom. The quantitative estimate of drug-likeness (QED) is 0.869. The van der Waals surface area contributed by atoms with Crippen LogP contribution in [-0.4, -0.2) is 4.98 Å². The van der Waals surface area contributed by atoms with Gasteiger partial charge >= 0.3 is 6.18 Å². The van der Waals surface area contributed by atoms with Crippen molar-refractivity contribution in [1.82, 2.24) is 10.3 Å². The van der Waals surface area contributed by atoms with Gasteiger partial charge < -0.3 is 5.32 Å². The standard InChI is InChI=1S/C14H12F4N2/c15-13-4-2-1-3-10(13)7-19-9-12-6-5-11(8-20-12)14(16,17)18/h1-6,8,19H,7,9H2. The molecule has 0 unspecified atom stereocenters. The van der Waals surface area contributed by atoms with Gasteiger partial charge in [-0.2, -0.15) is 13.2 Å². The van der Waals surface area contributed by atoms with E-state index < -0.39 is 11.7 Å². The number of nitrogens with one attached hydrogen (secondary N) is 1. The Morgan fingerprint density at radius 2 is 1.75 bits per heavy atom. The lowest BCUT2D eigenvalue weighted by Gasteiger charge is -2.08. The SMILES string of the molecule is Fc1ccccc1CNCc1ccc(C(F)(F)F)cn1. The lowest BCUT2D eigenvalue weighted by atomic mass is 10.2. The van der Waals surface area contributed by atoms with E-state index in [4.69, 9.17) is 0 Å². The molecule has 2 aromatic rings. The Kier molecular flexibility index (Phi) is 4.34. The maximum Gasteiger partial charge on any atom is 0.417 e. The summed E-state index contributed by atoms with van der Waals surface area (Å²) in [5.41, 5.74) is 0.184. The molecular formula is C14H12F4N2. The molecule has 6 heteroatoms. The van der Waals surface area contributed by atoms with Crippen molar-refractivity contribution in [1.29, 1.82) is 0 Å². The van der Waals surface area contributed by atoms with Crippen LogP contribution in [0.1, 0.15) is 16.8 Å². The van der Waals surface area contributed by atoms with E-state index in [1.165, 1.54) is 12.1 Å². The largest absolute Gasteiger partial charge is 0.417 e. The Bertz CT molecular complexity index is 564. The molecule has 1 heterocycles. The van der Waals surface area contributed by atoms with E-state index in [1.54, 1.807) is 18.2 Å². The first-order valence-electron chi connectivity index (χ1n) is 5.93. The molecule has 20 heavy (non-hydrogen) atoms. The normalized spacial score (nSPS) is 11.6. The van der Waals surface area contributed by atoms with Gasteiger partial charge in [-0.3, -0.25) is 4.98 Å². The minimum Gasteiger partial charge on any atom is -0.307 e. The van der Waals surface area contributed by atoms with Gasteiger partial charge in [-0.1, -0.05) is 18.2 Å². The second-order valence-corrected chi connectivity index (χ2v) is 4.23. The Hall–Kier alpha value is -1.95. The molecule has 106 valence electrons. The van der Waals surface area contributed by atoms with Crippen LogP contribution >= 0.6 is 0 Å². The zero-order valence-corrected chi connectivity index (χ0v) is 10.4. The molecule has 0 saturated carbocycles. The number of hydrogen-bond donors (Lipinski definition) is 1. The fourth-order valence-electron chi connectivity index (χ4n) is 1.66. The average molecular weight is 284 g/mol. The highest BCUT2D eigenvalue weighted by molar-refractivity contribution is 5.18. The highest BCUT2D eigenvalue weighted by Gasteiger charge is 2.30. The fraction of sp³-hybridized carbons (Fsp3) is 0.214. The van der Waals surface area contributed by atoms with Crippen molar-refractivity contribution in [3.63, 3.8) is 0 Å². The molecule has 1 N–H and O–H groups in total. The molecule has 1 aromatic heterocycles. The lowest BCUT2D eigenvalue weighted by molar-refractivity contribution is -0.137. The van der Waals surface area contributed by atoms with Crippen LogP contribution < -0.4 is 5.32 Å². The molecule has 0 spiro atoms. The van der Waals surface area contributed by atoms with E-state index in [9.17, 15) is 17.6 Å². The molecule has 1 aromatic carbocycles. The van der Waals surface area contributed by atoms with Crippen molar-refractivity contribution < 1.29 is 17.6 Å². The molecule has 0 radical (unpaired) electrons. The van der Waals surface area contributed by atoms with Crippen molar-refractivity contribution >= 4 is 0 Å². The average Bonchev–Trinajstić information content (AvgIpc) is 2.40. The molecule has 0 aliphatic rings. The smallest absolute Gasteiger partial charge is 0.307 e. The third kappa shape index (κ3) is 3.77. The first-order valence-corrected chi connectivity index (χ1v) is 5.93. The summed E-state index contributed by atoms with van der Waals surface area (Å²) < 4.78 is 50.3. The molecular weight excluding hydrogens is 272 g/mol. The Morgan fingerprint density at radius 1 is 1.00 bits per heavy atom. The van der Waals surface area contributed by atoms with Crippen molar-refractivity contribution in [2.24, 2.45) is 0 Å². The molecule has 0 fully saturated rings. The van der Waals surface area contributed by atoms with Crippen LogP contribution in [-0.2, 0) is 19.3 Å². The van der Waals surface area contributed by atoms with Crippen molar-refractivity contribution in [3.8, 4) is 0 Å². The predicted octanol–water partition coefficient (Wildman–Crippen LogP) is 3.53. The minimum absolute atomic E-state index is 0.270. The summed E-state index contributed by atoms with van der Waals surface area (Å²) in [6, 6.07) is 8.59. The van der Waals surface area contributed by atoms with E-state index >= 15 is 0 Å². The van der Waals surface area contributed by atoms with Crippen LogP contribution in [0.3, 0.4) is 0 Å². The molecule has 0 aliphatic carbocycles. The molecule has 0 aliphatic heterocycles. The number of nitrogens with zero attached hydrogens (tertiary/aromatic N) is 1. The summed E-state index contributed by atoms with van der Waals surface area (Å²) in [6.45, 7) is 0.557. The van der Waals surface area contributed by atoms with Gasteiger partial charge in [-0.15, -0.1) is 0 Å². The number of halogens is 4. The van der Waals surface area contributed by atoms with Gasteiger partial charge in [0.25, 0.3) is 0 Å². The molecule has 2 nitrogen and oxygen atoms in total. The first kappa shape index (κ1) is 14.5. The molecule has 0 bridgehead atoms. The zero-order chi connectivity index (χ0) is 14.6. The highest BCUT2D eigenvalue weighted by Crippen LogP contribution is 2.28. The Labute approximate surface area is 113 Å². The second-order valence-electron chi connectivity index (χ2n) is 4.23. The molecule has 0 amide bonds. The molecule has 0 saturated heterocycles. The predicted molar refractivity (Wildman–Crippen MR) is 66.2 cm³/mol. The Balaban J connectivity index is 1.90. The van der Waals surface area contributed by atoms with Gasteiger partial charge in [0.15, 0.2) is 0 Å². The number of aromatic nitrogens is 1. The zero-order valence-electron chi connectivity index (χ0n) is 10.4. The monoisotopic (exact) mass is 284 g/mol. The van der Waals surface area contributed by atoms with Crippen LogP contribution in [0.5, 0.6) is 0 Å². The topological polar surface area (TPSA) is 24.9 Å². The van der Waals surface area contributed by atoms with Gasteiger partial charge in [0, 0.05) is 24.8 Å². The van der Waals surface area contributed by atoms with Crippen LogP contribution in [0.15, 0.2) is 42.6 Å². The molecule has 2 rings (SSSR count). The number of hydrogen-bond acceptors (Lipinski definition) is 2. The van der Waals surface area contributed by atoms with E-state index in [0.717, 1.165) is 12.3 Å². The van der Waals surface area contributed by atoms with E-state index in [0.29, 0.717) is 11.3 Å². The number of pyridine rings is 1. The number of rotatable bonds is 4. The van der Waals surface area contributed by atoms with Gasteiger partial charge in [0.05, 0.1) is 11.3 Å². The van der Waals surface area contributed by atoms with Crippen LogP contribution in [0.4, 0.5) is 17.6 Å². The minimum atomic E-state index is -4.38. The van der Waals surface area contributed by atoms with Crippen LogP contribution in [0, 0.1) is 5.82 Å². The molecule has 0 atom stereocenters. The van der Waals surface area contributed by atoms with Crippen LogP contribution in [0.25, 0.3) is 0 Å². The van der Waals surface area contributed by atoms with Gasteiger partial charge in [-0.05, 0) is 18.2 Å². The summed E-state index contributed by atoms with van der Waals surface area (Å²) in [5, 5.41) is 2.93. The third-order valence-electron chi connectivity index (χ3n) is 2.73. The van der Waals surface area contributed by atoms with Crippen molar-refractivity contribution in [2.45, 2.75) is 19.3 Å². The summed E-state index contributed by atoms with van der Waals surface area (Å²) >= 11 is 0. The number of benzene rings is 1. The van der Waals surface area contributed by atoms with Crippen molar-refractivity contribution in [3.05, 3.63) is 65.2 Å². The van der Waals surface area contributed by atoms with Crippen molar-refractivity contribution in [2.75, 3.05) is 0 Å². The van der Waals surface area contributed by atoms with E-state index in [1.807, 2.05) is 0 Å². The van der Waals surface area contributed by atoms with Gasteiger partial charge in [0.2, 0.25) is 0 Å². The van der Waals surface area contributed by atoms with Crippen LogP contribution in [0.2, 0.25) is 0 Å². The maximum absolute atomic E-state index is 13.3. The van der Waals surface area contributed by atoms with Gasteiger partial charge in [-0.25, -0.2) is 4.39 Å². The first-order chi connectivity index (χ1) is 9.47. The number of alkyl halides is 3. The lowest BCUT2D eigenvalue weighted by Crippen LogP contribution is -2.15. The fourth-order valence-corrected chi connectivity index (χ4v) is 1.66. The summed E-state index contributed by atoms with van der Waals surface area (Å²) in [7, 11) is 0. The van der Waals surface area contributed by atoms with Gasteiger partial charge in [0.1, 0.15) is 5.82 Å². The third-order valence-corrected chi connectivity index (χ3v) is 2.73.